The number of hydrogen-bond donors (Lipinski definition) is 0. The molecule has 10 aliphatic rings. The average Bonchev–Trinajstić information content (AvgIpc) is 0.720. The van der Waals surface area contributed by atoms with Crippen LogP contribution >= 0.6 is 0 Å². The van der Waals surface area contributed by atoms with Gasteiger partial charge in [-0.3, -0.25) is 9.80 Å². The molecule has 0 N–H and O–H groups in total. The van der Waals surface area contributed by atoms with Crippen LogP contribution in [0.3, 0.4) is 0 Å². The topological polar surface area (TPSA) is 6.48 Å². The zero-order valence-electron chi connectivity index (χ0n) is 60.6. The predicted molar refractivity (Wildman–Crippen MR) is 384 cm³/mol. The minimum Gasteiger partial charge on any atom is -0.294 e. The summed E-state index contributed by atoms with van der Waals surface area (Å²) in [5.74, 6) is 16.2. The Morgan fingerprint density at radius 3 is 0.750 bits per heavy atom. The lowest BCUT2D eigenvalue weighted by atomic mass is 9.41. The summed E-state index contributed by atoms with van der Waals surface area (Å²) in [4.78, 5) is 7.22. The van der Waals surface area contributed by atoms with E-state index in [2.05, 4.69) is 51.3 Å². The maximum atomic E-state index is 3.61. The van der Waals surface area contributed by atoms with E-state index in [0.717, 1.165) is 131 Å². The standard InChI is InChI=1S/C86H156N2/c1-7-11-15-19-23-27-31-67-39-47-71(48-40-67)81-63-83(87(73-51-35-65(5)36-52-73)75-55-43-69(44-56-75)33-29-25-21-17-13-9-3)79-62-60-78-82(72-49-41-68(42-50-72)32-28-24-20-16-12-8-2)64-84(80-61-59-77(81)85(79)86(78)80)88(74-53-37-66(6)38-54-74)76-57-45-70(46-58-76)34-30-26-22-18-14-10-4/h65-86H,7-64H2,1-6H3. The molecule has 0 aromatic rings. The lowest BCUT2D eigenvalue weighted by molar-refractivity contribution is -0.190. The molecule has 0 aliphatic heterocycles. The Balaban J connectivity index is 0.950. The minimum atomic E-state index is 0.877. The second-order valence-corrected chi connectivity index (χ2v) is 35.8. The molecule has 0 spiro atoms. The maximum Gasteiger partial charge on any atom is 0.0135 e. The van der Waals surface area contributed by atoms with Crippen molar-refractivity contribution in [1.82, 2.24) is 9.80 Å². The summed E-state index contributed by atoms with van der Waals surface area (Å²) in [6.45, 7) is 14.8. The number of rotatable bonds is 36. The van der Waals surface area contributed by atoms with Gasteiger partial charge in [0.25, 0.3) is 0 Å². The molecule has 10 unspecified atom stereocenters. The zero-order chi connectivity index (χ0) is 60.9. The monoisotopic (exact) mass is 1220 g/mol. The largest absolute Gasteiger partial charge is 0.294 e. The van der Waals surface area contributed by atoms with Crippen molar-refractivity contribution in [3.8, 4) is 0 Å². The molecule has 0 amide bonds. The molecule has 0 aromatic heterocycles. The van der Waals surface area contributed by atoms with Gasteiger partial charge in [-0.25, -0.2) is 0 Å². The van der Waals surface area contributed by atoms with Crippen molar-refractivity contribution >= 4 is 0 Å². The number of hydrogen-bond acceptors (Lipinski definition) is 2. The van der Waals surface area contributed by atoms with Crippen LogP contribution in [0.15, 0.2) is 0 Å². The molecule has 0 radical (unpaired) electrons. The molecule has 0 aromatic carbocycles. The Morgan fingerprint density at radius 2 is 0.466 bits per heavy atom. The SMILES string of the molecule is CCCCCCCCC1CCC(C2CC(N(C3CCC(C)CC3)C3CCC(CCCCCCCC)CC3)C3CCC4C(C5CCC(CCCCCCCC)CC5)CC(N(C5CCC(C)CC5)C5CCC(CCCCCCCC)CC5)C5CCC2C3C45)CC1. The molecule has 510 valence electrons. The summed E-state index contributed by atoms with van der Waals surface area (Å²) in [6.07, 6.45) is 88.8. The molecule has 2 nitrogen and oxygen atoms in total. The normalized spacial score (nSPS) is 39.8. The molecular formula is C86H156N2. The van der Waals surface area contributed by atoms with Crippen molar-refractivity contribution in [3.05, 3.63) is 0 Å². The van der Waals surface area contributed by atoms with E-state index in [0.29, 0.717) is 0 Å². The van der Waals surface area contributed by atoms with E-state index in [9.17, 15) is 0 Å². The summed E-state index contributed by atoms with van der Waals surface area (Å²) in [7, 11) is 0. The Labute approximate surface area is 551 Å². The van der Waals surface area contributed by atoms with Crippen LogP contribution in [0.25, 0.3) is 0 Å². The van der Waals surface area contributed by atoms with E-state index >= 15 is 0 Å². The smallest absolute Gasteiger partial charge is 0.0135 e. The third kappa shape index (κ3) is 19.6. The van der Waals surface area contributed by atoms with Gasteiger partial charge in [0.05, 0.1) is 0 Å². The average molecular weight is 1220 g/mol. The highest BCUT2D eigenvalue weighted by Crippen LogP contribution is 2.67. The van der Waals surface area contributed by atoms with Gasteiger partial charge in [0.2, 0.25) is 0 Å². The minimum absolute atomic E-state index is 0.877. The first-order valence-electron chi connectivity index (χ1n) is 42.9. The van der Waals surface area contributed by atoms with E-state index in [1.807, 2.05) is 0 Å². The second kappa shape index (κ2) is 38.0. The Kier molecular flexibility index (Phi) is 30.5. The van der Waals surface area contributed by atoms with Crippen molar-refractivity contribution in [2.45, 2.75) is 450 Å². The maximum absolute atomic E-state index is 3.61. The summed E-state index contributed by atoms with van der Waals surface area (Å²) in [5, 5.41) is 0. The van der Waals surface area contributed by atoms with Crippen molar-refractivity contribution in [1.29, 1.82) is 0 Å². The van der Waals surface area contributed by atoms with Gasteiger partial charge in [-0.2, -0.15) is 0 Å². The highest BCUT2D eigenvalue weighted by atomic mass is 15.2. The highest BCUT2D eigenvalue weighted by molar-refractivity contribution is 5.14. The van der Waals surface area contributed by atoms with Gasteiger partial charge in [-0.05, 0) is 262 Å². The quantitative estimate of drug-likeness (QED) is 0.0577. The third-order valence-corrected chi connectivity index (χ3v) is 30.1. The Hall–Kier alpha value is -0.0800. The van der Waals surface area contributed by atoms with Crippen LogP contribution in [0.2, 0.25) is 0 Å². The molecule has 10 rings (SSSR count). The lowest BCUT2D eigenvalue weighted by Gasteiger charge is -2.68. The first-order valence-corrected chi connectivity index (χ1v) is 42.9. The van der Waals surface area contributed by atoms with E-state index in [4.69, 9.17) is 0 Å². The van der Waals surface area contributed by atoms with Crippen LogP contribution in [0.1, 0.15) is 414 Å². The zero-order valence-corrected chi connectivity index (χ0v) is 60.6. The van der Waals surface area contributed by atoms with Crippen molar-refractivity contribution in [3.63, 3.8) is 0 Å². The third-order valence-electron chi connectivity index (χ3n) is 30.1. The molecular weight excluding hydrogens is 1060 g/mol. The van der Waals surface area contributed by atoms with E-state index in [1.54, 1.807) is 167 Å². The molecule has 10 fully saturated rings. The first kappa shape index (κ1) is 70.7. The van der Waals surface area contributed by atoms with Crippen LogP contribution in [-0.4, -0.2) is 46.1 Å². The summed E-state index contributed by atoms with van der Waals surface area (Å²) in [5.41, 5.74) is 0. The number of unbranched alkanes of at least 4 members (excludes halogenated alkanes) is 20. The van der Waals surface area contributed by atoms with Gasteiger partial charge in [-0.1, -0.05) is 247 Å². The van der Waals surface area contributed by atoms with Crippen molar-refractivity contribution in [2.24, 2.45) is 94.7 Å². The Bertz CT molecular complexity index is 1660. The molecule has 88 heavy (non-hydrogen) atoms. The number of nitrogens with zero attached hydrogens (tertiary/aromatic N) is 2. The van der Waals surface area contributed by atoms with Gasteiger partial charge >= 0.3 is 0 Å². The van der Waals surface area contributed by atoms with Crippen LogP contribution < -0.4 is 0 Å². The fourth-order valence-corrected chi connectivity index (χ4v) is 25.1. The van der Waals surface area contributed by atoms with Crippen LogP contribution in [-0.2, 0) is 0 Å². The van der Waals surface area contributed by atoms with E-state index < -0.39 is 0 Å². The van der Waals surface area contributed by atoms with Crippen LogP contribution in [0, 0.1) is 94.7 Å². The fraction of sp³-hybridized carbons (Fsp3) is 1.00. The molecule has 0 bridgehead atoms. The van der Waals surface area contributed by atoms with E-state index in [1.165, 1.54) is 205 Å². The molecule has 10 aliphatic carbocycles. The summed E-state index contributed by atoms with van der Waals surface area (Å²) < 4.78 is 0. The summed E-state index contributed by atoms with van der Waals surface area (Å²) >= 11 is 0. The van der Waals surface area contributed by atoms with Crippen molar-refractivity contribution in [2.75, 3.05) is 0 Å². The highest BCUT2D eigenvalue weighted by Gasteiger charge is 2.63. The van der Waals surface area contributed by atoms with Crippen LogP contribution in [0.5, 0.6) is 0 Å². The molecule has 0 saturated heterocycles. The second-order valence-electron chi connectivity index (χ2n) is 35.8. The van der Waals surface area contributed by atoms with Gasteiger partial charge in [0, 0.05) is 36.3 Å². The molecule has 10 atom stereocenters. The fourth-order valence-electron chi connectivity index (χ4n) is 25.1. The van der Waals surface area contributed by atoms with E-state index in [-0.39, 0.29) is 0 Å². The van der Waals surface area contributed by atoms with Gasteiger partial charge < -0.3 is 0 Å². The Morgan fingerprint density at radius 1 is 0.227 bits per heavy atom. The summed E-state index contributed by atoms with van der Waals surface area (Å²) in [6, 6.07) is 5.29. The molecule has 2 heteroatoms. The molecule has 10 saturated carbocycles. The van der Waals surface area contributed by atoms with Gasteiger partial charge in [0.15, 0.2) is 0 Å². The predicted octanol–water partition coefficient (Wildman–Crippen LogP) is 26.5. The first-order chi connectivity index (χ1) is 43.3. The van der Waals surface area contributed by atoms with Gasteiger partial charge in [0.1, 0.15) is 0 Å². The van der Waals surface area contributed by atoms with Crippen LogP contribution in [0.4, 0.5) is 0 Å². The van der Waals surface area contributed by atoms with Crippen molar-refractivity contribution < 1.29 is 0 Å². The van der Waals surface area contributed by atoms with Gasteiger partial charge in [-0.15, -0.1) is 0 Å². The molecule has 0 heterocycles. The lowest BCUT2D eigenvalue weighted by Crippen LogP contribution is -2.67.